The molecular weight excluding hydrogens is 1400 g/mol. The fourth-order valence-electron chi connectivity index (χ4n) is 21.3. The van der Waals surface area contributed by atoms with Crippen molar-refractivity contribution < 1.29 is 0 Å². The van der Waals surface area contributed by atoms with Crippen molar-refractivity contribution in [2.24, 2.45) is 0 Å². The summed E-state index contributed by atoms with van der Waals surface area (Å²) < 4.78 is 0. The third-order valence-corrected chi connectivity index (χ3v) is 26.3. The van der Waals surface area contributed by atoms with E-state index in [0.717, 1.165) is 44.3 Å². The van der Waals surface area contributed by atoms with Gasteiger partial charge in [0.25, 0.3) is 0 Å². The summed E-state index contributed by atoms with van der Waals surface area (Å²) >= 11 is 0. The molecule has 0 aliphatic heterocycles. The van der Waals surface area contributed by atoms with E-state index in [1.54, 1.807) is 0 Å². The molecule has 4 nitrogen and oxygen atoms in total. The van der Waals surface area contributed by atoms with Crippen molar-refractivity contribution in [3.05, 3.63) is 368 Å². The highest BCUT2D eigenvalue weighted by Gasteiger charge is 2.36. The maximum Gasteiger partial charge on any atom is 0.0562 e. The molecule has 0 aliphatic carbocycles. The average Bonchev–Trinajstić information content (AvgIpc) is 0.689. The first-order chi connectivity index (χ1) is 56.2. The summed E-state index contributed by atoms with van der Waals surface area (Å²) in [7, 11) is 0. The number of anilines is 12. The van der Waals surface area contributed by atoms with Crippen LogP contribution in [0, 0.1) is 111 Å². The number of aryl methyl sites for hydroxylation is 16. The van der Waals surface area contributed by atoms with Crippen LogP contribution in [0.3, 0.4) is 0 Å². The van der Waals surface area contributed by atoms with Crippen LogP contribution in [0.15, 0.2) is 279 Å². The molecular formula is C112H94N4. The monoisotopic (exact) mass is 1490 g/mol. The van der Waals surface area contributed by atoms with E-state index in [2.05, 4.69) is 409 Å². The van der Waals surface area contributed by atoms with Crippen molar-refractivity contribution in [2.75, 3.05) is 19.6 Å². The summed E-state index contributed by atoms with van der Waals surface area (Å²) in [6, 6.07) is 107. The minimum absolute atomic E-state index is 1.09. The summed E-state index contributed by atoms with van der Waals surface area (Å²) in [6.45, 7) is 37.8. The highest BCUT2D eigenvalue weighted by Crippen LogP contribution is 2.60. The molecule has 0 amide bonds. The molecule has 4 heteroatoms. The van der Waals surface area contributed by atoms with Gasteiger partial charge in [0.2, 0.25) is 0 Å². The van der Waals surface area contributed by atoms with Crippen molar-refractivity contribution >= 4 is 187 Å². The first kappa shape index (κ1) is 71.7. The van der Waals surface area contributed by atoms with Gasteiger partial charge in [-0.2, -0.15) is 0 Å². The molecule has 0 bridgehead atoms. The maximum atomic E-state index is 2.73. The lowest BCUT2D eigenvalue weighted by Crippen LogP contribution is -2.20. The Morgan fingerprint density at radius 2 is 0.267 bits per heavy atom. The van der Waals surface area contributed by atoms with Gasteiger partial charge in [-0.1, -0.05) is 218 Å². The van der Waals surface area contributed by atoms with Crippen LogP contribution in [0.4, 0.5) is 68.2 Å². The molecule has 0 saturated carbocycles. The van der Waals surface area contributed by atoms with Gasteiger partial charge in [0.1, 0.15) is 0 Å². The van der Waals surface area contributed by atoms with Crippen molar-refractivity contribution in [3.63, 3.8) is 0 Å². The average molecular weight is 1500 g/mol. The predicted molar refractivity (Wildman–Crippen MR) is 505 cm³/mol. The lowest BCUT2D eigenvalue weighted by molar-refractivity contribution is 1.18. The summed E-state index contributed by atoms with van der Waals surface area (Å²) in [5.74, 6) is 0. The van der Waals surface area contributed by atoms with E-state index in [-0.39, 0.29) is 0 Å². The first-order valence-electron chi connectivity index (χ1n) is 41.1. The van der Waals surface area contributed by atoms with Gasteiger partial charge in [0.05, 0.1) is 68.2 Å². The Labute approximate surface area is 680 Å². The molecule has 0 fully saturated rings. The number of rotatable bonds is 12. The number of nitrogens with zero attached hydrogens (tertiary/aromatic N) is 4. The number of hydrogen-bond acceptors (Lipinski definition) is 4. The van der Waals surface area contributed by atoms with E-state index >= 15 is 0 Å². The lowest BCUT2D eigenvalue weighted by atomic mass is 9.86. The van der Waals surface area contributed by atoms with Gasteiger partial charge in [-0.15, -0.1) is 0 Å². The minimum atomic E-state index is 1.09. The van der Waals surface area contributed by atoms with Crippen molar-refractivity contribution in [1.82, 2.24) is 0 Å². The van der Waals surface area contributed by atoms with E-state index in [4.69, 9.17) is 0 Å². The van der Waals surface area contributed by atoms with Gasteiger partial charge >= 0.3 is 0 Å². The Balaban J connectivity index is 1.06. The van der Waals surface area contributed by atoms with Gasteiger partial charge in [-0.3, -0.25) is 0 Å². The van der Waals surface area contributed by atoms with Gasteiger partial charge in [0, 0.05) is 32.3 Å². The minimum Gasteiger partial charge on any atom is -0.309 e. The molecule has 0 heterocycles. The normalized spacial score (nSPS) is 12.0. The van der Waals surface area contributed by atoms with Crippen LogP contribution in [0.25, 0.3) is 118 Å². The van der Waals surface area contributed by atoms with Crippen LogP contribution in [0.1, 0.15) is 89.0 Å². The van der Waals surface area contributed by atoms with Crippen LogP contribution in [-0.4, -0.2) is 0 Å². The molecule has 116 heavy (non-hydrogen) atoms. The van der Waals surface area contributed by atoms with E-state index in [9.17, 15) is 0 Å². The Morgan fingerprint density at radius 1 is 0.138 bits per heavy atom. The van der Waals surface area contributed by atoms with Crippen LogP contribution in [0.2, 0.25) is 0 Å². The molecule has 0 unspecified atom stereocenters. The van der Waals surface area contributed by atoms with E-state index in [1.165, 1.54) is 231 Å². The van der Waals surface area contributed by atoms with E-state index in [1.807, 2.05) is 0 Å². The lowest BCUT2D eigenvalue weighted by Gasteiger charge is -2.38. The summed E-state index contributed by atoms with van der Waals surface area (Å²) in [6.07, 6.45) is 0. The summed E-state index contributed by atoms with van der Waals surface area (Å²) in [4.78, 5) is 10.9. The molecule has 0 N–H and O–H groups in total. The second-order valence-electron chi connectivity index (χ2n) is 33.3. The molecule has 562 valence electrons. The molecule has 20 rings (SSSR count). The quantitative estimate of drug-likeness (QED) is 0.113. The summed E-state index contributed by atoms with van der Waals surface area (Å²) in [5.41, 5.74) is 33.0. The first-order valence-corrected chi connectivity index (χ1v) is 41.1. The number of hydrogen-bond donors (Lipinski definition) is 0. The molecule has 0 saturated heterocycles. The Bertz CT molecular complexity index is 6360. The largest absolute Gasteiger partial charge is 0.309 e. The van der Waals surface area contributed by atoms with Gasteiger partial charge in [0.15, 0.2) is 0 Å². The smallest absolute Gasteiger partial charge is 0.0562 e. The molecule has 0 spiro atoms. The van der Waals surface area contributed by atoms with Crippen LogP contribution in [-0.2, 0) is 0 Å². The highest BCUT2D eigenvalue weighted by molar-refractivity contribution is 6.34. The Hall–Kier alpha value is -13.3. The zero-order valence-electron chi connectivity index (χ0n) is 69.3. The molecule has 0 aromatic heterocycles. The van der Waals surface area contributed by atoms with Crippen molar-refractivity contribution in [3.8, 4) is 0 Å². The predicted octanol–water partition coefficient (Wildman–Crippen LogP) is 32.6. The maximum absolute atomic E-state index is 2.73. The van der Waals surface area contributed by atoms with E-state index < -0.39 is 0 Å². The summed E-state index contributed by atoms with van der Waals surface area (Å²) in [5, 5.41) is 26.6. The van der Waals surface area contributed by atoms with Crippen molar-refractivity contribution in [2.45, 2.75) is 111 Å². The van der Waals surface area contributed by atoms with Crippen LogP contribution in [0.5, 0.6) is 0 Å². The van der Waals surface area contributed by atoms with Gasteiger partial charge in [-0.25, -0.2) is 0 Å². The second kappa shape index (κ2) is 27.2. The highest BCUT2D eigenvalue weighted by atomic mass is 15.2. The molecule has 0 aliphatic rings. The molecule has 20 aromatic rings. The third kappa shape index (κ3) is 10.8. The fraction of sp³-hybridized carbons (Fsp3) is 0.143. The second-order valence-corrected chi connectivity index (χ2v) is 33.3. The standard InChI is InChI=1S/C112H94N4/c1-63-53-79-33-17-25-41-87(79)71(9)105(63)113(106-64(2)54-80-34-18-26-42-88(80)72(106)10)99-61-100(114(107-65(3)55-81-35-19-27-43-89(81)73(107)11)108-66(4)56-82-36-20-28-44-90(82)74(108)12)96-51-52-98-102(116(111-69(7)59-85-39-23-31-47-93(85)77(111)15)112-70(8)60-86-40-24-32-48-94(86)78(112)16)62-101(97-50-49-95(99)103(96)104(97)98)115(109-67(5)57-83-37-21-29-45-91(83)75(109)13)110-68(6)58-84-38-22-30-46-92(84)76(110)14/h17-62H,1-16H3. The fourth-order valence-corrected chi connectivity index (χ4v) is 21.3. The molecule has 20 aromatic carbocycles. The van der Waals surface area contributed by atoms with E-state index in [0.29, 0.717) is 0 Å². The Morgan fingerprint density at radius 3 is 0.405 bits per heavy atom. The van der Waals surface area contributed by atoms with Crippen LogP contribution < -0.4 is 19.6 Å². The zero-order valence-corrected chi connectivity index (χ0v) is 69.3. The van der Waals surface area contributed by atoms with Crippen molar-refractivity contribution in [1.29, 1.82) is 0 Å². The molecule has 0 atom stereocenters. The van der Waals surface area contributed by atoms with Gasteiger partial charge < -0.3 is 19.6 Å². The van der Waals surface area contributed by atoms with Crippen LogP contribution >= 0.6 is 0 Å². The number of fused-ring (bicyclic) bond motifs is 8. The number of benzene rings is 20. The zero-order chi connectivity index (χ0) is 79.7. The Kier molecular flexibility index (Phi) is 16.8. The molecule has 0 radical (unpaired) electrons. The van der Waals surface area contributed by atoms with Gasteiger partial charge in [-0.05, 0) is 347 Å². The topological polar surface area (TPSA) is 13.0 Å². The SMILES string of the molecule is Cc1cc2ccccc2c(C)c1N(c1c(C)cc2ccccc2c1C)c1cc(N(c2c(C)cc3ccccc3c2C)c2c(C)cc3ccccc3c2C)c2ccc3c(N(c4c(C)cc5ccccc5c4C)c4c(C)cc5ccccc5c4C)cc(N(c4c(C)cc5ccccc5c4C)c4c(C)cc5ccccc5c4C)c4ccc1c2c43. The third-order valence-electron chi connectivity index (χ3n) is 26.3.